The van der Waals surface area contributed by atoms with E-state index in [0.717, 1.165) is 6.07 Å². The molecule has 0 radical (unpaired) electrons. The van der Waals surface area contributed by atoms with Crippen molar-refractivity contribution in [1.82, 2.24) is 0 Å². The molecule has 0 N–H and O–H groups in total. The number of methoxy groups -OCH3 is 1. The van der Waals surface area contributed by atoms with Crippen molar-refractivity contribution in [1.29, 1.82) is 0 Å². The van der Waals surface area contributed by atoms with Crippen LogP contribution >= 0.6 is 0 Å². The predicted molar refractivity (Wildman–Crippen MR) is 70.8 cm³/mol. The molecule has 0 fully saturated rings. The molecule has 0 heterocycles. The first-order chi connectivity index (χ1) is 9.89. The highest BCUT2D eigenvalue weighted by Crippen LogP contribution is 2.22. The van der Waals surface area contributed by atoms with Gasteiger partial charge in [0.05, 0.1) is 17.9 Å². The first-order valence-electron chi connectivity index (χ1n) is 6.14. The molecule has 0 unspecified atom stereocenters. The second-order valence-electron chi connectivity index (χ2n) is 4.16. The summed E-state index contributed by atoms with van der Waals surface area (Å²) < 4.78 is 57.9. The van der Waals surface area contributed by atoms with E-state index in [1.165, 1.54) is 25.3 Å². The maximum Gasteiger partial charge on any atom is 0.341 e. The molecule has 0 aromatic heterocycles. The zero-order chi connectivity index (χ0) is 15.9. The number of esters is 1. The highest BCUT2D eigenvalue weighted by molar-refractivity contribution is 7.91. The SMILES string of the molecule is COCCCOC(=O)Cc1ccccc1S(=O)(=O)C(F)F. The number of alkyl halides is 2. The Hall–Kier alpha value is -1.54. The molecule has 0 saturated carbocycles. The number of sulfone groups is 1. The first kappa shape index (κ1) is 17.5. The first-order valence-corrected chi connectivity index (χ1v) is 7.68. The second-order valence-corrected chi connectivity index (χ2v) is 6.04. The molecule has 0 saturated heterocycles. The summed E-state index contributed by atoms with van der Waals surface area (Å²) in [7, 11) is -3.24. The Labute approximate surface area is 121 Å². The largest absolute Gasteiger partial charge is 0.465 e. The Balaban J connectivity index is 2.79. The van der Waals surface area contributed by atoms with E-state index in [1.54, 1.807) is 0 Å². The summed E-state index contributed by atoms with van der Waals surface area (Å²) >= 11 is 0. The van der Waals surface area contributed by atoms with Crippen molar-refractivity contribution in [2.24, 2.45) is 0 Å². The van der Waals surface area contributed by atoms with Crippen LogP contribution in [0.5, 0.6) is 0 Å². The van der Waals surface area contributed by atoms with E-state index in [4.69, 9.17) is 9.47 Å². The lowest BCUT2D eigenvalue weighted by Crippen LogP contribution is -2.16. The normalized spacial score (nSPS) is 11.6. The third-order valence-corrected chi connectivity index (χ3v) is 4.08. The molecule has 0 atom stereocenters. The summed E-state index contributed by atoms with van der Waals surface area (Å²) in [5.74, 6) is -4.21. The van der Waals surface area contributed by atoms with Gasteiger partial charge in [-0.1, -0.05) is 18.2 Å². The minimum Gasteiger partial charge on any atom is -0.465 e. The van der Waals surface area contributed by atoms with Gasteiger partial charge in [0.15, 0.2) is 0 Å². The minimum atomic E-state index is -4.74. The van der Waals surface area contributed by atoms with Crippen molar-refractivity contribution < 1.29 is 31.5 Å². The standard InChI is InChI=1S/C13H16F2O5S/c1-19-7-4-8-20-12(16)9-10-5-2-3-6-11(10)21(17,18)13(14)15/h2-3,5-6,13H,4,7-9H2,1H3. The predicted octanol–water partition coefficient (Wildman–Crippen LogP) is 1.81. The molecule has 0 aliphatic heterocycles. The Bertz CT molecular complexity index is 572. The zero-order valence-electron chi connectivity index (χ0n) is 11.4. The summed E-state index contributed by atoms with van der Waals surface area (Å²) in [6, 6.07) is 5.15. The number of hydrogen-bond donors (Lipinski definition) is 0. The zero-order valence-corrected chi connectivity index (χ0v) is 12.2. The molecule has 1 aromatic rings. The average molecular weight is 322 g/mol. The Morgan fingerprint density at radius 2 is 1.90 bits per heavy atom. The number of carbonyl (C=O) groups excluding carboxylic acids is 1. The van der Waals surface area contributed by atoms with Crippen molar-refractivity contribution in [3.05, 3.63) is 29.8 Å². The van der Waals surface area contributed by atoms with Gasteiger partial charge in [0.1, 0.15) is 0 Å². The molecule has 0 bridgehead atoms. The lowest BCUT2D eigenvalue weighted by atomic mass is 10.1. The van der Waals surface area contributed by atoms with Crippen LogP contribution in [0.3, 0.4) is 0 Å². The molecular formula is C13H16F2O5S. The smallest absolute Gasteiger partial charge is 0.341 e. The summed E-state index contributed by atoms with van der Waals surface area (Å²) in [6.45, 7) is 0.542. The van der Waals surface area contributed by atoms with Gasteiger partial charge in [-0.3, -0.25) is 4.79 Å². The summed E-state index contributed by atoms with van der Waals surface area (Å²) in [4.78, 5) is 11.0. The second kappa shape index (κ2) is 8.04. The van der Waals surface area contributed by atoms with Crippen LogP contribution in [0, 0.1) is 0 Å². The molecule has 21 heavy (non-hydrogen) atoms. The minimum absolute atomic E-state index is 0.00505. The van der Waals surface area contributed by atoms with E-state index < -0.39 is 26.5 Å². The highest BCUT2D eigenvalue weighted by atomic mass is 32.2. The Morgan fingerprint density at radius 1 is 1.24 bits per heavy atom. The van der Waals surface area contributed by atoms with E-state index in [1.807, 2.05) is 0 Å². The van der Waals surface area contributed by atoms with Crippen LogP contribution in [0.1, 0.15) is 12.0 Å². The molecule has 0 aliphatic rings. The Morgan fingerprint density at radius 3 is 2.52 bits per heavy atom. The van der Waals surface area contributed by atoms with Gasteiger partial charge in [0, 0.05) is 20.1 Å². The number of halogens is 2. The molecule has 0 aliphatic carbocycles. The molecule has 1 aromatic carbocycles. The quantitative estimate of drug-likeness (QED) is 0.539. The molecular weight excluding hydrogens is 306 g/mol. The van der Waals surface area contributed by atoms with Gasteiger partial charge in [0.25, 0.3) is 0 Å². The van der Waals surface area contributed by atoms with E-state index >= 15 is 0 Å². The van der Waals surface area contributed by atoms with Gasteiger partial charge in [0.2, 0.25) is 9.84 Å². The number of rotatable bonds is 8. The van der Waals surface area contributed by atoms with Crippen molar-refractivity contribution in [3.63, 3.8) is 0 Å². The highest BCUT2D eigenvalue weighted by Gasteiger charge is 2.29. The van der Waals surface area contributed by atoms with Gasteiger partial charge in [-0.2, -0.15) is 8.78 Å². The van der Waals surface area contributed by atoms with Crippen molar-refractivity contribution in [2.45, 2.75) is 23.5 Å². The topological polar surface area (TPSA) is 69.7 Å². The van der Waals surface area contributed by atoms with Crippen LogP contribution < -0.4 is 0 Å². The lowest BCUT2D eigenvalue weighted by molar-refractivity contribution is -0.143. The van der Waals surface area contributed by atoms with Gasteiger partial charge in [-0.25, -0.2) is 8.42 Å². The number of benzene rings is 1. The van der Waals surface area contributed by atoms with Crippen LogP contribution in [0.25, 0.3) is 0 Å². The third-order valence-electron chi connectivity index (χ3n) is 2.60. The van der Waals surface area contributed by atoms with Gasteiger partial charge < -0.3 is 9.47 Å². The maximum atomic E-state index is 12.6. The van der Waals surface area contributed by atoms with Crippen LogP contribution in [0.15, 0.2) is 29.2 Å². The molecule has 0 spiro atoms. The molecule has 1 rings (SSSR count). The van der Waals surface area contributed by atoms with E-state index in [2.05, 4.69) is 0 Å². The third kappa shape index (κ3) is 5.05. The van der Waals surface area contributed by atoms with Gasteiger partial charge in [-0.05, 0) is 11.6 Å². The van der Waals surface area contributed by atoms with Crippen molar-refractivity contribution >= 4 is 15.8 Å². The fourth-order valence-electron chi connectivity index (χ4n) is 1.62. The molecule has 8 heteroatoms. The molecule has 5 nitrogen and oxygen atoms in total. The molecule has 118 valence electrons. The van der Waals surface area contributed by atoms with Crippen LogP contribution in [-0.2, 0) is 30.5 Å². The maximum absolute atomic E-state index is 12.6. The van der Waals surface area contributed by atoms with Crippen molar-refractivity contribution in [3.8, 4) is 0 Å². The Kier molecular flexibility index (Phi) is 6.70. The number of carbonyl (C=O) groups is 1. The monoisotopic (exact) mass is 322 g/mol. The summed E-state index contributed by atoms with van der Waals surface area (Å²) in [5.41, 5.74) is -0.00505. The van der Waals surface area contributed by atoms with Crippen LogP contribution in [-0.4, -0.2) is 40.5 Å². The van der Waals surface area contributed by atoms with Gasteiger partial charge in [-0.15, -0.1) is 0 Å². The van der Waals surface area contributed by atoms with Crippen molar-refractivity contribution in [2.75, 3.05) is 20.3 Å². The van der Waals surface area contributed by atoms with Crippen LogP contribution in [0.4, 0.5) is 8.78 Å². The average Bonchev–Trinajstić information content (AvgIpc) is 2.44. The van der Waals surface area contributed by atoms with Crippen LogP contribution in [0.2, 0.25) is 0 Å². The van der Waals surface area contributed by atoms with E-state index in [-0.39, 0.29) is 18.6 Å². The fourth-order valence-corrected chi connectivity index (χ4v) is 2.59. The fraction of sp³-hybridized carbons (Fsp3) is 0.462. The number of ether oxygens (including phenoxy) is 2. The summed E-state index contributed by atoms with van der Waals surface area (Å²) in [6.07, 6.45) is 0.119. The van der Waals surface area contributed by atoms with E-state index in [9.17, 15) is 22.0 Å². The number of hydrogen-bond acceptors (Lipinski definition) is 5. The molecule has 0 amide bonds. The summed E-state index contributed by atoms with van der Waals surface area (Å²) in [5, 5.41) is 0. The van der Waals surface area contributed by atoms with Gasteiger partial charge >= 0.3 is 11.7 Å². The lowest BCUT2D eigenvalue weighted by Gasteiger charge is -2.10. The van der Waals surface area contributed by atoms with E-state index in [0.29, 0.717) is 13.0 Å².